The normalized spacial score (nSPS) is 12.5. The summed E-state index contributed by atoms with van der Waals surface area (Å²) in [4.78, 5) is 6.75. The zero-order valence-electron chi connectivity index (χ0n) is 11.5. The van der Waals surface area contributed by atoms with E-state index in [1.807, 2.05) is 24.4 Å². The molecule has 2 heteroatoms. The van der Waals surface area contributed by atoms with Gasteiger partial charge in [-0.15, -0.1) is 0 Å². The molecule has 1 aliphatic heterocycles. The van der Waals surface area contributed by atoms with Crippen LogP contribution in [0.1, 0.15) is 11.1 Å². The maximum absolute atomic E-state index is 4.54. The molecule has 0 amide bonds. The van der Waals surface area contributed by atoms with E-state index in [-0.39, 0.29) is 0 Å². The van der Waals surface area contributed by atoms with Crippen LogP contribution in [-0.4, -0.2) is 4.98 Å². The molecular formula is C19H14N2. The Hall–Kier alpha value is -2.87. The minimum atomic E-state index is 0.932. The van der Waals surface area contributed by atoms with Crippen molar-refractivity contribution in [3.63, 3.8) is 0 Å². The Morgan fingerprint density at radius 1 is 0.619 bits per heavy atom. The van der Waals surface area contributed by atoms with Gasteiger partial charge in [0.15, 0.2) is 0 Å². The first kappa shape index (κ1) is 11.9. The summed E-state index contributed by atoms with van der Waals surface area (Å²) < 4.78 is 0. The number of para-hydroxylation sites is 2. The van der Waals surface area contributed by atoms with Gasteiger partial charge in [-0.3, -0.25) is 4.90 Å². The Bertz CT molecular complexity index is 757. The summed E-state index contributed by atoms with van der Waals surface area (Å²) in [6.07, 6.45) is 6.16. The van der Waals surface area contributed by atoms with Gasteiger partial charge in [0.25, 0.3) is 0 Å². The number of nitrogens with zero attached hydrogens (tertiary/aromatic N) is 2. The fraction of sp³-hybridized carbons (Fsp3) is 0. The summed E-state index contributed by atoms with van der Waals surface area (Å²) in [7, 11) is 0. The molecule has 2 aromatic carbocycles. The van der Waals surface area contributed by atoms with E-state index in [2.05, 4.69) is 70.6 Å². The average Bonchev–Trinajstić information content (AvgIpc) is 2.72. The van der Waals surface area contributed by atoms with Crippen LogP contribution in [0.25, 0.3) is 12.2 Å². The number of benzene rings is 2. The Morgan fingerprint density at radius 3 is 1.76 bits per heavy atom. The molecule has 0 aliphatic carbocycles. The lowest BCUT2D eigenvalue weighted by Crippen LogP contribution is -2.12. The lowest BCUT2D eigenvalue weighted by Gasteiger charge is -2.25. The molecule has 4 rings (SSSR count). The van der Waals surface area contributed by atoms with Gasteiger partial charge in [0, 0.05) is 6.20 Å². The van der Waals surface area contributed by atoms with E-state index < -0.39 is 0 Å². The van der Waals surface area contributed by atoms with Crippen LogP contribution in [0.5, 0.6) is 0 Å². The van der Waals surface area contributed by atoms with Crippen LogP contribution in [0.2, 0.25) is 0 Å². The molecule has 0 atom stereocenters. The van der Waals surface area contributed by atoms with Crippen LogP contribution in [0.3, 0.4) is 0 Å². The van der Waals surface area contributed by atoms with Gasteiger partial charge in [0.1, 0.15) is 5.82 Å². The smallest absolute Gasteiger partial charge is 0.137 e. The third kappa shape index (κ3) is 2.01. The fourth-order valence-electron chi connectivity index (χ4n) is 2.71. The summed E-state index contributed by atoms with van der Waals surface area (Å²) in [6, 6.07) is 22.8. The molecule has 0 radical (unpaired) electrons. The molecule has 0 saturated carbocycles. The number of hydrogen-bond donors (Lipinski definition) is 0. The Balaban J connectivity index is 2.02. The van der Waals surface area contributed by atoms with Crippen molar-refractivity contribution in [1.82, 2.24) is 4.98 Å². The molecule has 0 spiro atoms. The molecule has 100 valence electrons. The molecule has 0 N–H and O–H groups in total. The molecule has 1 aromatic heterocycles. The second-order valence-electron chi connectivity index (χ2n) is 4.97. The highest BCUT2D eigenvalue weighted by Crippen LogP contribution is 2.40. The van der Waals surface area contributed by atoms with Crippen molar-refractivity contribution >= 4 is 29.3 Å². The summed E-state index contributed by atoms with van der Waals surface area (Å²) in [5.74, 6) is 0.932. The van der Waals surface area contributed by atoms with Crippen LogP contribution in [0.4, 0.5) is 17.2 Å². The molecule has 1 aliphatic rings. The van der Waals surface area contributed by atoms with Crippen LogP contribution in [-0.2, 0) is 0 Å². The van der Waals surface area contributed by atoms with Crippen LogP contribution in [0.15, 0.2) is 72.9 Å². The first-order chi connectivity index (χ1) is 10.4. The van der Waals surface area contributed by atoms with Crippen molar-refractivity contribution in [2.45, 2.75) is 0 Å². The van der Waals surface area contributed by atoms with E-state index in [1.165, 1.54) is 11.1 Å². The van der Waals surface area contributed by atoms with E-state index in [9.17, 15) is 0 Å². The zero-order valence-corrected chi connectivity index (χ0v) is 11.5. The first-order valence-electron chi connectivity index (χ1n) is 7.01. The second-order valence-corrected chi connectivity index (χ2v) is 4.97. The van der Waals surface area contributed by atoms with E-state index >= 15 is 0 Å². The molecule has 0 unspecified atom stereocenters. The fourth-order valence-corrected chi connectivity index (χ4v) is 2.71. The highest BCUT2D eigenvalue weighted by atomic mass is 15.2. The lowest BCUT2D eigenvalue weighted by atomic mass is 10.1. The van der Waals surface area contributed by atoms with Gasteiger partial charge in [0.05, 0.1) is 11.4 Å². The number of rotatable bonds is 1. The molecule has 21 heavy (non-hydrogen) atoms. The third-order valence-corrected chi connectivity index (χ3v) is 3.68. The number of aromatic nitrogens is 1. The second kappa shape index (κ2) is 4.91. The van der Waals surface area contributed by atoms with Gasteiger partial charge in [-0.2, -0.15) is 0 Å². The third-order valence-electron chi connectivity index (χ3n) is 3.68. The molecule has 2 nitrogen and oxygen atoms in total. The standard InChI is InChI=1S/C19H14N2/c1-3-9-17-15(7-1)12-13-16-8-2-4-10-18(16)21(17)19-11-5-6-14-20-19/h1-14H. The topological polar surface area (TPSA) is 16.1 Å². The van der Waals surface area contributed by atoms with Crippen molar-refractivity contribution in [3.05, 3.63) is 84.1 Å². The Labute approximate surface area is 124 Å². The summed E-state index contributed by atoms with van der Waals surface area (Å²) >= 11 is 0. The van der Waals surface area contributed by atoms with Crippen molar-refractivity contribution in [3.8, 4) is 0 Å². The molecule has 0 saturated heterocycles. The molecule has 0 bridgehead atoms. The van der Waals surface area contributed by atoms with Crippen LogP contribution >= 0.6 is 0 Å². The van der Waals surface area contributed by atoms with Gasteiger partial charge in [-0.1, -0.05) is 54.6 Å². The van der Waals surface area contributed by atoms with Crippen molar-refractivity contribution in [2.24, 2.45) is 0 Å². The number of fused-ring (bicyclic) bond motifs is 2. The van der Waals surface area contributed by atoms with Crippen molar-refractivity contribution in [1.29, 1.82) is 0 Å². The maximum Gasteiger partial charge on any atom is 0.137 e. The van der Waals surface area contributed by atoms with Crippen molar-refractivity contribution in [2.75, 3.05) is 4.90 Å². The number of pyridine rings is 1. The predicted molar refractivity (Wildman–Crippen MR) is 87.8 cm³/mol. The number of anilines is 3. The summed E-state index contributed by atoms with van der Waals surface area (Å²) in [6.45, 7) is 0. The minimum Gasteiger partial charge on any atom is -0.294 e. The SMILES string of the molecule is C1=Cc2ccccc2N(c2ccccn2)c2ccccc21. The van der Waals surface area contributed by atoms with Gasteiger partial charge < -0.3 is 0 Å². The highest BCUT2D eigenvalue weighted by molar-refractivity contribution is 5.92. The molecule has 3 aromatic rings. The molecule has 0 fully saturated rings. The molecule has 2 heterocycles. The van der Waals surface area contributed by atoms with Gasteiger partial charge >= 0.3 is 0 Å². The number of hydrogen-bond acceptors (Lipinski definition) is 2. The van der Waals surface area contributed by atoms with Gasteiger partial charge in [-0.05, 0) is 35.4 Å². The Morgan fingerprint density at radius 2 is 1.19 bits per heavy atom. The van der Waals surface area contributed by atoms with E-state index in [4.69, 9.17) is 0 Å². The van der Waals surface area contributed by atoms with E-state index in [1.54, 1.807) is 0 Å². The van der Waals surface area contributed by atoms with E-state index in [0.29, 0.717) is 0 Å². The van der Waals surface area contributed by atoms with Crippen LogP contribution < -0.4 is 4.90 Å². The quantitative estimate of drug-likeness (QED) is 0.482. The van der Waals surface area contributed by atoms with Crippen molar-refractivity contribution < 1.29 is 0 Å². The largest absolute Gasteiger partial charge is 0.294 e. The maximum atomic E-state index is 4.54. The predicted octanol–water partition coefficient (Wildman–Crippen LogP) is 5.04. The molecular weight excluding hydrogens is 256 g/mol. The Kier molecular flexibility index (Phi) is 2.79. The van der Waals surface area contributed by atoms with Crippen LogP contribution in [0, 0.1) is 0 Å². The average molecular weight is 270 g/mol. The van der Waals surface area contributed by atoms with E-state index in [0.717, 1.165) is 17.2 Å². The monoisotopic (exact) mass is 270 g/mol. The summed E-state index contributed by atoms with van der Waals surface area (Å²) in [5.41, 5.74) is 4.69. The zero-order chi connectivity index (χ0) is 14.1. The summed E-state index contributed by atoms with van der Waals surface area (Å²) in [5, 5.41) is 0. The minimum absolute atomic E-state index is 0.932. The van der Waals surface area contributed by atoms with Gasteiger partial charge in [0.2, 0.25) is 0 Å². The highest BCUT2D eigenvalue weighted by Gasteiger charge is 2.19. The lowest BCUT2D eigenvalue weighted by molar-refractivity contribution is 1.18. The first-order valence-corrected chi connectivity index (χ1v) is 7.01. The van der Waals surface area contributed by atoms with Gasteiger partial charge in [-0.25, -0.2) is 4.98 Å².